The van der Waals surface area contributed by atoms with Crippen molar-refractivity contribution in [2.24, 2.45) is 0 Å². The van der Waals surface area contributed by atoms with E-state index in [4.69, 9.17) is 15.8 Å². The summed E-state index contributed by atoms with van der Waals surface area (Å²) in [6.45, 7) is 1.40. The molecule has 0 saturated carbocycles. The third-order valence-corrected chi connectivity index (χ3v) is 4.36. The van der Waals surface area contributed by atoms with E-state index in [0.29, 0.717) is 0 Å². The zero-order chi connectivity index (χ0) is 14.8. The number of benzene rings is 2. The van der Waals surface area contributed by atoms with Gasteiger partial charge in [-0.3, -0.25) is 4.18 Å². The number of aryl methyl sites for hydroxylation is 1. The lowest BCUT2D eigenvalue weighted by molar-refractivity contribution is 0.302. The molecule has 0 spiro atoms. The standard InChI is InChI=1S/C14H12ClFO3S/c1-10-5-7-11(8-6-10)20(17,18)19-9-12-13(15)3-2-4-14(12)16/h2-8H,9H2,1H3. The molecule has 0 aromatic heterocycles. The monoisotopic (exact) mass is 314 g/mol. The maximum Gasteiger partial charge on any atom is 0.297 e. The van der Waals surface area contributed by atoms with Crippen molar-refractivity contribution < 1.29 is 17.0 Å². The van der Waals surface area contributed by atoms with Crippen LogP contribution in [-0.2, 0) is 20.9 Å². The van der Waals surface area contributed by atoms with Crippen LogP contribution in [0.4, 0.5) is 4.39 Å². The Balaban J connectivity index is 2.20. The fourth-order valence-corrected chi connectivity index (χ4v) is 2.68. The molecule has 0 N–H and O–H groups in total. The highest BCUT2D eigenvalue weighted by molar-refractivity contribution is 7.86. The van der Waals surface area contributed by atoms with Gasteiger partial charge in [-0.05, 0) is 31.2 Å². The van der Waals surface area contributed by atoms with Crippen LogP contribution in [0.5, 0.6) is 0 Å². The fourth-order valence-electron chi connectivity index (χ4n) is 1.58. The van der Waals surface area contributed by atoms with Gasteiger partial charge < -0.3 is 0 Å². The summed E-state index contributed by atoms with van der Waals surface area (Å²) < 4.78 is 42.3. The molecule has 0 radical (unpaired) electrons. The minimum absolute atomic E-state index is 0.0184. The number of hydrogen-bond acceptors (Lipinski definition) is 3. The fraction of sp³-hybridized carbons (Fsp3) is 0.143. The molecule has 0 heterocycles. The van der Waals surface area contributed by atoms with Gasteiger partial charge in [0.15, 0.2) is 0 Å². The lowest BCUT2D eigenvalue weighted by atomic mass is 10.2. The molecule has 0 atom stereocenters. The summed E-state index contributed by atoms with van der Waals surface area (Å²) in [5, 5.41) is 0.129. The first-order chi connectivity index (χ1) is 9.40. The Morgan fingerprint density at radius 2 is 1.80 bits per heavy atom. The van der Waals surface area contributed by atoms with Crippen molar-refractivity contribution in [3.8, 4) is 0 Å². The molecule has 2 aromatic rings. The molecule has 3 nitrogen and oxygen atoms in total. The van der Waals surface area contributed by atoms with Gasteiger partial charge in [0, 0.05) is 10.6 Å². The molecule has 2 rings (SSSR count). The summed E-state index contributed by atoms with van der Waals surface area (Å²) >= 11 is 5.81. The Kier molecular flexibility index (Phi) is 4.42. The molecule has 0 bridgehead atoms. The number of halogens is 2. The van der Waals surface area contributed by atoms with E-state index in [-0.39, 0.29) is 15.5 Å². The molecule has 0 amide bonds. The molecule has 0 aliphatic carbocycles. The maximum absolute atomic E-state index is 13.5. The molecule has 6 heteroatoms. The van der Waals surface area contributed by atoms with Gasteiger partial charge in [0.05, 0.1) is 11.5 Å². The van der Waals surface area contributed by atoms with E-state index in [2.05, 4.69) is 0 Å². The van der Waals surface area contributed by atoms with Crippen LogP contribution < -0.4 is 0 Å². The largest absolute Gasteiger partial charge is 0.297 e. The third-order valence-electron chi connectivity index (χ3n) is 2.73. The van der Waals surface area contributed by atoms with Crippen molar-refractivity contribution in [1.82, 2.24) is 0 Å². The molecule has 106 valence electrons. The summed E-state index contributed by atoms with van der Waals surface area (Å²) in [4.78, 5) is 0.0237. The highest BCUT2D eigenvalue weighted by atomic mass is 35.5. The van der Waals surface area contributed by atoms with E-state index < -0.39 is 22.5 Å². The van der Waals surface area contributed by atoms with E-state index in [0.717, 1.165) is 5.56 Å². The molecule has 0 aliphatic heterocycles. The van der Waals surface area contributed by atoms with Gasteiger partial charge in [-0.15, -0.1) is 0 Å². The number of hydrogen-bond donors (Lipinski definition) is 0. The third kappa shape index (κ3) is 3.36. The van der Waals surface area contributed by atoms with Crippen molar-refractivity contribution in [2.45, 2.75) is 18.4 Å². The van der Waals surface area contributed by atoms with Crippen LogP contribution in [-0.4, -0.2) is 8.42 Å². The SMILES string of the molecule is Cc1ccc(S(=O)(=O)OCc2c(F)cccc2Cl)cc1. The van der Waals surface area contributed by atoms with Gasteiger partial charge in [0.25, 0.3) is 10.1 Å². The second-order valence-electron chi connectivity index (χ2n) is 4.23. The van der Waals surface area contributed by atoms with Crippen LogP contribution in [0, 0.1) is 12.7 Å². The first-order valence-corrected chi connectivity index (χ1v) is 7.58. The van der Waals surface area contributed by atoms with Crippen molar-refractivity contribution in [3.63, 3.8) is 0 Å². The van der Waals surface area contributed by atoms with Gasteiger partial charge in [0.1, 0.15) is 5.82 Å². The van der Waals surface area contributed by atoms with Gasteiger partial charge in [0.2, 0.25) is 0 Å². The van der Waals surface area contributed by atoms with Crippen LogP contribution in [0.3, 0.4) is 0 Å². The van der Waals surface area contributed by atoms with Crippen LogP contribution in [0.15, 0.2) is 47.4 Å². The second-order valence-corrected chi connectivity index (χ2v) is 6.25. The van der Waals surface area contributed by atoms with Crippen molar-refractivity contribution in [3.05, 3.63) is 64.4 Å². The van der Waals surface area contributed by atoms with Crippen molar-refractivity contribution >= 4 is 21.7 Å². The quantitative estimate of drug-likeness (QED) is 0.808. The molecule has 2 aromatic carbocycles. The minimum atomic E-state index is -3.93. The molecular weight excluding hydrogens is 303 g/mol. The summed E-state index contributed by atoms with van der Waals surface area (Å²) in [6.07, 6.45) is 0. The van der Waals surface area contributed by atoms with Crippen LogP contribution in [0.2, 0.25) is 5.02 Å². The molecule has 20 heavy (non-hydrogen) atoms. The summed E-state index contributed by atoms with van der Waals surface area (Å²) in [5.41, 5.74) is 0.950. The van der Waals surface area contributed by atoms with E-state index in [9.17, 15) is 12.8 Å². The molecule has 0 unspecified atom stereocenters. The zero-order valence-corrected chi connectivity index (χ0v) is 12.2. The Bertz CT molecular complexity index is 691. The average Bonchev–Trinajstić information content (AvgIpc) is 2.38. The first-order valence-electron chi connectivity index (χ1n) is 5.79. The normalized spacial score (nSPS) is 11.6. The average molecular weight is 315 g/mol. The van der Waals surface area contributed by atoms with Gasteiger partial charge >= 0.3 is 0 Å². The molecule has 0 saturated heterocycles. The van der Waals surface area contributed by atoms with Gasteiger partial charge in [-0.1, -0.05) is 35.4 Å². The summed E-state index contributed by atoms with van der Waals surface area (Å²) in [5.74, 6) is -0.600. The highest BCUT2D eigenvalue weighted by Crippen LogP contribution is 2.22. The Hall–Kier alpha value is -1.43. The van der Waals surface area contributed by atoms with Gasteiger partial charge in [-0.25, -0.2) is 4.39 Å². The molecular formula is C14H12ClFO3S. The smallest absolute Gasteiger partial charge is 0.261 e. The minimum Gasteiger partial charge on any atom is -0.261 e. The van der Waals surface area contributed by atoms with E-state index in [1.165, 1.54) is 30.3 Å². The predicted molar refractivity (Wildman–Crippen MR) is 74.6 cm³/mol. The summed E-state index contributed by atoms with van der Waals surface area (Å²) in [6, 6.07) is 10.3. The lowest BCUT2D eigenvalue weighted by Crippen LogP contribution is -2.07. The summed E-state index contributed by atoms with van der Waals surface area (Å²) in [7, 11) is -3.93. The zero-order valence-electron chi connectivity index (χ0n) is 10.6. The molecule has 0 aliphatic rings. The number of rotatable bonds is 4. The lowest BCUT2D eigenvalue weighted by Gasteiger charge is -2.08. The van der Waals surface area contributed by atoms with E-state index >= 15 is 0 Å². The molecule has 0 fully saturated rings. The van der Waals surface area contributed by atoms with Crippen LogP contribution >= 0.6 is 11.6 Å². The van der Waals surface area contributed by atoms with Crippen LogP contribution in [0.25, 0.3) is 0 Å². The van der Waals surface area contributed by atoms with Crippen LogP contribution in [0.1, 0.15) is 11.1 Å². The van der Waals surface area contributed by atoms with E-state index in [1.54, 1.807) is 12.1 Å². The Morgan fingerprint density at radius 1 is 1.15 bits per heavy atom. The maximum atomic E-state index is 13.5. The topological polar surface area (TPSA) is 43.4 Å². The Labute approximate surface area is 122 Å². The predicted octanol–water partition coefficient (Wildman–Crippen LogP) is 3.69. The van der Waals surface area contributed by atoms with Crippen molar-refractivity contribution in [1.29, 1.82) is 0 Å². The second kappa shape index (κ2) is 5.91. The first kappa shape index (κ1) is 15.0. The van der Waals surface area contributed by atoms with E-state index in [1.807, 2.05) is 6.92 Å². The van der Waals surface area contributed by atoms with Gasteiger partial charge in [-0.2, -0.15) is 8.42 Å². The Morgan fingerprint density at radius 3 is 2.40 bits per heavy atom. The highest BCUT2D eigenvalue weighted by Gasteiger charge is 2.17. The van der Waals surface area contributed by atoms with Crippen molar-refractivity contribution in [2.75, 3.05) is 0 Å².